The number of benzene rings is 2. The fourth-order valence-electron chi connectivity index (χ4n) is 4.69. The van der Waals surface area contributed by atoms with Gasteiger partial charge in [0.2, 0.25) is 5.95 Å². The number of carbonyl (C=O) groups is 1. The molecule has 0 unspecified atom stereocenters. The van der Waals surface area contributed by atoms with Crippen LogP contribution in [0.1, 0.15) is 16.1 Å². The lowest BCUT2D eigenvalue weighted by molar-refractivity contribution is 0.0687. The zero-order chi connectivity index (χ0) is 26.0. The average Bonchev–Trinajstić information content (AvgIpc) is 3.44. The summed E-state index contributed by atoms with van der Waals surface area (Å²) in [6.07, 6.45) is 2.63. The van der Waals surface area contributed by atoms with E-state index >= 15 is 8.78 Å². The first-order valence-electron chi connectivity index (χ1n) is 10.9. The highest BCUT2D eigenvalue weighted by molar-refractivity contribution is 6.17. The van der Waals surface area contributed by atoms with Crippen LogP contribution in [0.3, 0.4) is 0 Å². The average molecular weight is 503 g/mol. The first-order valence-corrected chi connectivity index (χ1v) is 10.9. The number of halogens is 2. The summed E-state index contributed by atoms with van der Waals surface area (Å²) in [7, 11) is 0. The quantitative estimate of drug-likeness (QED) is 0.286. The Morgan fingerprint density at radius 1 is 1.11 bits per heavy atom. The molecule has 0 bridgehead atoms. The van der Waals surface area contributed by atoms with Crippen molar-refractivity contribution in [1.82, 2.24) is 19.5 Å². The second-order valence-electron chi connectivity index (χ2n) is 8.36. The number of nitrogen functional groups attached to an aromatic ring is 1. The number of nitrogens with zero attached hydrogens (tertiary/aromatic N) is 2. The van der Waals surface area contributed by atoms with Crippen LogP contribution in [0.2, 0.25) is 0 Å². The number of hydrogen-bond donors (Lipinski definition) is 4. The summed E-state index contributed by atoms with van der Waals surface area (Å²) in [6, 6.07) is 7.67. The van der Waals surface area contributed by atoms with Gasteiger partial charge < -0.3 is 24.8 Å². The van der Waals surface area contributed by atoms with Crippen LogP contribution in [-0.2, 0) is 6.54 Å². The van der Waals surface area contributed by atoms with Crippen LogP contribution in [0.4, 0.5) is 14.7 Å². The lowest BCUT2D eigenvalue weighted by Gasteiger charge is -2.11. The monoisotopic (exact) mass is 503 g/mol. The molecule has 0 spiro atoms. The normalized spacial score (nSPS) is 11.6. The number of nitrogens with one attached hydrogen (secondary N) is 2. The highest BCUT2D eigenvalue weighted by atomic mass is 19.1. The van der Waals surface area contributed by atoms with Crippen LogP contribution in [0.5, 0.6) is 0 Å². The third-order valence-corrected chi connectivity index (χ3v) is 6.23. The van der Waals surface area contributed by atoms with Crippen LogP contribution in [0, 0.1) is 11.6 Å². The molecule has 0 radical (unpaired) electrons. The lowest BCUT2D eigenvalue weighted by Crippen LogP contribution is -2.15. The van der Waals surface area contributed by atoms with E-state index in [1.807, 2.05) is 0 Å². The van der Waals surface area contributed by atoms with Gasteiger partial charge in [-0.3, -0.25) is 14.6 Å². The van der Waals surface area contributed by atoms with Crippen LogP contribution in [-0.4, -0.2) is 30.6 Å². The van der Waals surface area contributed by atoms with Crippen molar-refractivity contribution in [2.45, 2.75) is 6.54 Å². The standard InChI is InChI=1S/C25H15F2N5O5/c26-14-7-16-13(23(34)31-25(28)30-16)6-10(14)9-32-17-8-15(27)11-3-5-37-21(11)19(17)18(20(32)24(35)36)12-2-1-4-29-22(12)33/h1-8H,9H2,(H,29,33)(H,35,36)(H3,28,30,31,34). The summed E-state index contributed by atoms with van der Waals surface area (Å²) in [5, 5.41) is 10.5. The Kier molecular flexibility index (Phi) is 4.73. The number of pyridine rings is 1. The molecule has 0 saturated carbocycles. The van der Waals surface area contributed by atoms with Crippen molar-refractivity contribution in [3.63, 3.8) is 0 Å². The van der Waals surface area contributed by atoms with Gasteiger partial charge in [0.1, 0.15) is 22.9 Å². The second kappa shape index (κ2) is 7.88. The third-order valence-electron chi connectivity index (χ3n) is 6.23. The van der Waals surface area contributed by atoms with E-state index in [2.05, 4.69) is 15.0 Å². The minimum Gasteiger partial charge on any atom is -0.477 e. The van der Waals surface area contributed by atoms with Gasteiger partial charge in [-0.05, 0) is 30.3 Å². The summed E-state index contributed by atoms with van der Waals surface area (Å²) < 4.78 is 36.9. The van der Waals surface area contributed by atoms with Crippen LogP contribution < -0.4 is 16.9 Å². The molecule has 37 heavy (non-hydrogen) atoms. The molecule has 0 amide bonds. The molecule has 5 N–H and O–H groups in total. The summed E-state index contributed by atoms with van der Waals surface area (Å²) >= 11 is 0. The number of aromatic amines is 2. The molecule has 12 heteroatoms. The molecular weight excluding hydrogens is 488 g/mol. The van der Waals surface area contributed by atoms with Gasteiger partial charge in [-0.1, -0.05) is 0 Å². The lowest BCUT2D eigenvalue weighted by atomic mass is 10.0. The van der Waals surface area contributed by atoms with Crippen molar-refractivity contribution in [3.05, 3.63) is 92.5 Å². The summed E-state index contributed by atoms with van der Waals surface area (Å²) in [5.41, 5.74) is 3.97. The maximum Gasteiger partial charge on any atom is 0.353 e. The van der Waals surface area contributed by atoms with Crippen molar-refractivity contribution in [3.8, 4) is 11.1 Å². The Bertz CT molecular complexity index is 2040. The molecule has 10 nitrogen and oxygen atoms in total. The Morgan fingerprint density at radius 2 is 1.92 bits per heavy atom. The second-order valence-corrected chi connectivity index (χ2v) is 8.36. The number of nitrogens with two attached hydrogens (primary N) is 1. The number of carboxylic acid groups (broad SMARTS) is 1. The maximum absolute atomic E-state index is 15.2. The van der Waals surface area contributed by atoms with E-state index in [9.17, 15) is 19.5 Å². The molecule has 0 aliphatic rings. The fraction of sp³-hybridized carbons (Fsp3) is 0.0400. The van der Waals surface area contributed by atoms with Gasteiger partial charge >= 0.3 is 5.97 Å². The number of hydrogen-bond acceptors (Lipinski definition) is 6. The Balaban J connectivity index is 1.72. The molecule has 0 fully saturated rings. The van der Waals surface area contributed by atoms with Gasteiger partial charge in [-0.15, -0.1) is 0 Å². The Labute approximate surface area is 203 Å². The smallest absolute Gasteiger partial charge is 0.353 e. The minimum absolute atomic E-state index is 0.00283. The number of carboxylic acids is 1. The predicted molar refractivity (Wildman–Crippen MR) is 131 cm³/mol. The summed E-state index contributed by atoms with van der Waals surface area (Å²) in [5.74, 6) is -3.12. The largest absolute Gasteiger partial charge is 0.477 e. The van der Waals surface area contributed by atoms with E-state index < -0.39 is 35.3 Å². The van der Waals surface area contributed by atoms with Crippen LogP contribution in [0.25, 0.3) is 43.9 Å². The zero-order valence-corrected chi connectivity index (χ0v) is 18.6. The van der Waals surface area contributed by atoms with Gasteiger partial charge in [0.05, 0.1) is 45.6 Å². The fourth-order valence-corrected chi connectivity index (χ4v) is 4.69. The van der Waals surface area contributed by atoms with Gasteiger partial charge in [0.25, 0.3) is 11.1 Å². The van der Waals surface area contributed by atoms with E-state index in [0.29, 0.717) is 0 Å². The van der Waals surface area contributed by atoms with E-state index in [1.54, 1.807) is 0 Å². The molecule has 0 saturated heterocycles. The molecule has 184 valence electrons. The molecule has 0 aliphatic carbocycles. The van der Waals surface area contributed by atoms with Crippen molar-refractivity contribution in [1.29, 1.82) is 0 Å². The number of aromatic carboxylic acids is 1. The topological polar surface area (TPSA) is 160 Å². The summed E-state index contributed by atoms with van der Waals surface area (Å²) in [4.78, 5) is 46.5. The Morgan fingerprint density at radius 3 is 2.68 bits per heavy atom. The Hall–Kier alpha value is -5.26. The number of furan rings is 1. The molecule has 4 heterocycles. The zero-order valence-electron chi connectivity index (χ0n) is 18.6. The van der Waals surface area contributed by atoms with Crippen molar-refractivity contribution in [2.24, 2.45) is 0 Å². The number of fused-ring (bicyclic) bond motifs is 4. The van der Waals surface area contributed by atoms with E-state index in [1.165, 1.54) is 41.3 Å². The molecular formula is C25H15F2N5O5. The number of H-pyrrole nitrogens is 2. The molecule has 0 aliphatic heterocycles. The molecule has 6 aromatic rings. The van der Waals surface area contributed by atoms with Gasteiger partial charge in [0.15, 0.2) is 0 Å². The van der Waals surface area contributed by atoms with Gasteiger partial charge in [0, 0.05) is 23.4 Å². The van der Waals surface area contributed by atoms with Crippen LogP contribution in [0.15, 0.2) is 62.9 Å². The van der Waals surface area contributed by atoms with Crippen LogP contribution >= 0.6 is 0 Å². The van der Waals surface area contributed by atoms with Gasteiger partial charge in [-0.2, -0.15) is 0 Å². The first kappa shape index (κ1) is 22.2. The third kappa shape index (κ3) is 3.30. The molecule has 2 aromatic carbocycles. The molecule has 6 rings (SSSR count). The molecule has 4 aromatic heterocycles. The van der Waals surface area contributed by atoms with E-state index in [-0.39, 0.29) is 61.1 Å². The van der Waals surface area contributed by atoms with E-state index in [0.717, 1.165) is 12.1 Å². The van der Waals surface area contributed by atoms with E-state index in [4.69, 9.17) is 10.2 Å². The highest BCUT2D eigenvalue weighted by Crippen LogP contribution is 2.40. The predicted octanol–water partition coefficient (Wildman–Crippen LogP) is 3.59. The van der Waals surface area contributed by atoms with Gasteiger partial charge in [-0.25, -0.2) is 18.6 Å². The summed E-state index contributed by atoms with van der Waals surface area (Å²) in [6.45, 7) is -0.417. The van der Waals surface area contributed by atoms with Crippen molar-refractivity contribution < 1.29 is 23.1 Å². The minimum atomic E-state index is -1.44. The van der Waals surface area contributed by atoms with Crippen molar-refractivity contribution in [2.75, 3.05) is 5.73 Å². The number of anilines is 1. The number of rotatable bonds is 4. The highest BCUT2D eigenvalue weighted by Gasteiger charge is 2.29. The molecule has 0 atom stereocenters. The first-order chi connectivity index (χ1) is 17.7. The van der Waals surface area contributed by atoms with Crippen molar-refractivity contribution >= 4 is 44.7 Å². The maximum atomic E-state index is 15.2. The number of aromatic nitrogens is 4. The SMILES string of the molecule is Nc1nc2cc(F)c(Cn3c(C(=O)O)c(-c4ccc[nH]c4=O)c4c5occc5c(F)cc43)cc2c(=O)[nH]1.